The molecule has 2 amide bonds. The standard InChI is InChI=1S/C21H21FN2O4/c1-23(12-15-7-3-2-4-8-15)20(26)14-28-21(27)16-11-19(25)24(13-16)18-10-6-5-9-17(18)22/h2-10,16H,11-14H2,1H3/t16-/m1/s1. The Kier molecular flexibility index (Phi) is 6.03. The van der Waals surface area contributed by atoms with E-state index >= 15 is 0 Å². The number of likely N-dealkylation sites (N-methyl/N-ethyl adjacent to an activating group) is 1. The van der Waals surface area contributed by atoms with E-state index in [2.05, 4.69) is 0 Å². The molecule has 1 aliphatic rings. The zero-order valence-electron chi connectivity index (χ0n) is 15.5. The van der Waals surface area contributed by atoms with Gasteiger partial charge in [-0.25, -0.2) is 4.39 Å². The van der Waals surface area contributed by atoms with Crippen molar-refractivity contribution in [3.63, 3.8) is 0 Å². The molecule has 0 unspecified atom stereocenters. The Morgan fingerprint density at radius 3 is 2.54 bits per heavy atom. The van der Waals surface area contributed by atoms with Gasteiger partial charge in [-0.2, -0.15) is 0 Å². The molecule has 28 heavy (non-hydrogen) atoms. The third-order valence-electron chi connectivity index (χ3n) is 4.63. The third kappa shape index (κ3) is 4.54. The highest BCUT2D eigenvalue weighted by atomic mass is 19.1. The number of hydrogen-bond acceptors (Lipinski definition) is 4. The summed E-state index contributed by atoms with van der Waals surface area (Å²) in [7, 11) is 1.63. The summed E-state index contributed by atoms with van der Waals surface area (Å²) in [6, 6.07) is 15.4. The van der Waals surface area contributed by atoms with Gasteiger partial charge in [-0.15, -0.1) is 0 Å². The average molecular weight is 384 g/mol. The second kappa shape index (κ2) is 8.65. The van der Waals surface area contributed by atoms with Gasteiger partial charge in [0.1, 0.15) is 5.82 Å². The van der Waals surface area contributed by atoms with Crippen LogP contribution in [0.15, 0.2) is 54.6 Å². The lowest BCUT2D eigenvalue weighted by Gasteiger charge is -2.18. The number of halogens is 1. The molecule has 0 spiro atoms. The minimum Gasteiger partial charge on any atom is -0.455 e. The van der Waals surface area contributed by atoms with Crippen molar-refractivity contribution in [2.24, 2.45) is 5.92 Å². The van der Waals surface area contributed by atoms with E-state index in [1.807, 2.05) is 30.3 Å². The van der Waals surface area contributed by atoms with Crippen LogP contribution >= 0.6 is 0 Å². The van der Waals surface area contributed by atoms with Gasteiger partial charge in [-0.1, -0.05) is 42.5 Å². The molecule has 0 aromatic heterocycles. The van der Waals surface area contributed by atoms with Crippen LogP contribution in [0.3, 0.4) is 0 Å². The van der Waals surface area contributed by atoms with Gasteiger partial charge < -0.3 is 14.5 Å². The van der Waals surface area contributed by atoms with Crippen LogP contribution in [0.2, 0.25) is 0 Å². The Morgan fingerprint density at radius 2 is 1.82 bits per heavy atom. The molecule has 1 aliphatic heterocycles. The van der Waals surface area contributed by atoms with Gasteiger partial charge in [0.2, 0.25) is 5.91 Å². The molecule has 0 bridgehead atoms. The first-order valence-corrected chi connectivity index (χ1v) is 8.95. The third-order valence-corrected chi connectivity index (χ3v) is 4.63. The van der Waals surface area contributed by atoms with Crippen LogP contribution in [-0.2, 0) is 25.7 Å². The van der Waals surface area contributed by atoms with Crippen molar-refractivity contribution in [1.29, 1.82) is 0 Å². The van der Waals surface area contributed by atoms with E-state index in [-0.39, 0.29) is 30.5 Å². The van der Waals surface area contributed by atoms with Gasteiger partial charge in [0.15, 0.2) is 6.61 Å². The number of para-hydroxylation sites is 1. The Balaban J connectivity index is 1.52. The van der Waals surface area contributed by atoms with E-state index in [0.29, 0.717) is 6.54 Å². The highest BCUT2D eigenvalue weighted by Gasteiger charge is 2.37. The zero-order chi connectivity index (χ0) is 20.1. The predicted molar refractivity (Wildman–Crippen MR) is 101 cm³/mol. The number of anilines is 1. The molecule has 2 aromatic carbocycles. The maximum Gasteiger partial charge on any atom is 0.311 e. The van der Waals surface area contributed by atoms with Crippen molar-refractivity contribution in [3.05, 3.63) is 66.0 Å². The molecule has 7 heteroatoms. The van der Waals surface area contributed by atoms with Crippen LogP contribution in [0.25, 0.3) is 0 Å². The summed E-state index contributed by atoms with van der Waals surface area (Å²) in [5.74, 6) is -2.57. The van der Waals surface area contributed by atoms with Crippen molar-refractivity contribution in [2.45, 2.75) is 13.0 Å². The molecule has 0 aliphatic carbocycles. The summed E-state index contributed by atoms with van der Waals surface area (Å²) in [5.41, 5.74) is 1.10. The first-order chi connectivity index (χ1) is 13.5. The lowest BCUT2D eigenvalue weighted by atomic mass is 10.1. The number of nitrogens with zero attached hydrogens (tertiary/aromatic N) is 2. The molecule has 3 rings (SSSR count). The number of amides is 2. The van der Waals surface area contributed by atoms with E-state index in [1.165, 1.54) is 28.0 Å². The first-order valence-electron chi connectivity index (χ1n) is 8.95. The topological polar surface area (TPSA) is 66.9 Å². The summed E-state index contributed by atoms with van der Waals surface area (Å²) in [6.07, 6.45) is -0.0682. The number of carbonyl (C=O) groups is 3. The fourth-order valence-corrected chi connectivity index (χ4v) is 3.08. The highest BCUT2D eigenvalue weighted by Crippen LogP contribution is 2.27. The lowest BCUT2D eigenvalue weighted by molar-refractivity contribution is -0.155. The molecule has 1 atom stereocenters. The summed E-state index contributed by atoms with van der Waals surface area (Å²) in [4.78, 5) is 39.3. The van der Waals surface area contributed by atoms with Crippen LogP contribution in [0, 0.1) is 11.7 Å². The normalized spacial score (nSPS) is 16.1. The van der Waals surface area contributed by atoms with Crippen LogP contribution in [0.5, 0.6) is 0 Å². The van der Waals surface area contributed by atoms with Gasteiger partial charge in [0.05, 0.1) is 11.6 Å². The van der Waals surface area contributed by atoms with Gasteiger partial charge in [-0.05, 0) is 17.7 Å². The maximum atomic E-state index is 13.9. The van der Waals surface area contributed by atoms with Gasteiger partial charge in [0, 0.05) is 26.6 Å². The molecule has 0 radical (unpaired) electrons. The number of rotatable bonds is 6. The number of carbonyl (C=O) groups excluding carboxylic acids is 3. The van der Waals surface area contributed by atoms with Crippen molar-refractivity contribution in [2.75, 3.05) is 25.1 Å². The second-order valence-electron chi connectivity index (χ2n) is 6.70. The van der Waals surface area contributed by atoms with E-state index in [4.69, 9.17) is 4.74 Å². The van der Waals surface area contributed by atoms with E-state index in [1.54, 1.807) is 13.1 Å². The Morgan fingerprint density at radius 1 is 1.14 bits per heavy atom. The van der Waals surface area contributed by atoms with Crippen LogP contribution in [0.1, 0.15) is 12.0 Å². The molecule has 1 fully saturated rings. The number of hydrogen-bond donors (Lipinski definition) is 0. The van der Waals surface area contributed by atoms with Crippen molar-refractivity contribution in [3.8, 4) is 0 Å². The van der Waals surface area contributed by atoms with Crippen molar-refractivity contribution in [1.82, 2.24) is 4.90 Å². The largest absolute Gasteiger partial charge is 0.455 e. The van der Waals surface area contributed by atoms with Crippen molar-refractivity contribution < 1.29 is 23.5 Å². The summed E-state index contributed by atoms with van der Waals surface area (Å²) in [6.45, 7) is 0.0411. The molecule has 1 saturated heterocycles. The number of benzene rings is 2. The van der Waals surface area contributed by atoms with Crippen LogP contribution < -0.4 is 4.90 Å². The van der Waals surface area contributed by atoms with Gasteiger partial charge in [-0.3, -0.25) is 14.4 Å². The van der Waals surface area contributed by atoms with E-state index in [0.717, 1.165) is 5.56 Å². The molecule has 146 valence electrons. The summed E-state index contributed by atoms with van der Waals surface area (Å²) < 4.78 is 19.0. The van der Waals surface area contributed by atoms with Crippen molar-refractivity contribution >= 4 is 23.5 Å². The fourth-order valence-electron chi connectivity index (χ4n) is 3.08. The summed E-state index contributed by atoms with van der Waals surface area (Å²) >= 11 is 0. The van der Waals surface area contributed by atoms with Gasteiger partial charge >= 0.3 is 5.97 Å². The fraction of sp³-hybridized carbons (Fsp3) is 0.286. The van der Waals surface area contributed by atoms with Crippen LogP contribution in [0.4, 0.5) is 10.1 Å². The SMILES string of the molecule is CN(Cc1ccccc1)C(=O)COC(=O)[C@@H]1CC(=O)N(c2ccccc2F)C1. The molecular formula is C21H21FN2O4. The minimum absolute atomic E-state index is 0.0344. The minimum atomic E-state index is -0.723. The summed E-state index contributed by atoms with van der Waals surface area (Å²) in [5, 5.41) is 0. The average Bonchev–Trinajstić information content (AvgIpc) is 3.08. The molecule has 1 heterocycles. The monoisotopic (exact) mass is 384 g/mol. The van der Waals surface area contributed by atoms with Crippen LogP contribution in [-0.4, -0.2) is 42.9 Å². The Labute approximate surface area is 162 Å². The second-order valence-corrected chi connectivity index (χ2v) is 6.70. The smallest absolute Gasteiger partial charge is 0.311 e. The molecular weight excluding hydrogens is 363 g/mol. The first kappa shape index (κ1) is 19.5. The zero-order valence-corrected chi connectivity index (χ0v) is 15.5. The predicted octanol–water partition coefficient (Wildman–Crippen LogP) is 2.38. The molecule has 2 aromatic rings. The molecule has 0 N–H and O–H groups in total. The molecule has 6 nitrogen and oxygen atoms in total. The van der Waals surface area contributed by atoms with E-state index < -0.39 is 24.3 Å². The Hall–Kier alpha value is -3.22. The van der Waals surface area contributed by atoms with Gasteiger partial charge in [0.25, 0.3) is 5.91 Å². The molecule has 0 saturated carbocycles. The van der Waals surface area contributed by atoms with E-state index in [9.17, 15) is 18.8 Å². The quantitative estimate of drug-likeness (QED) is 0.718. The number of ether oxygens (including phenoxy) is 1. The highest BCUT2D eigenvalue weighted by molar-refractivity contribution is 5.99. The Bertz CT molecular complexity index is 872. The maximum absolute atomic E-state index is 13.9. The lowest BCUT2D eigenvalue weighted by Crippen LogP contribution is -2.32. The number of esters is 1.